The molecule has 0 bridgehead atoms. The summed E-state index contributed by atoms with van der Waals surface area (Å²) in [4.78, 5) is 37.5. The van der Waals surface area contributed by atoms with E-state index in [4.69, 9.17) is 41.7 Å². The molecule has 204 valence electrons. The summed E-state index contributed by atoms with van der Waals surface area (Å²) in [5.41, 5.74) is -2.38. The molecule has 16 heteroatoms. The molecule has 1 saturated heterocycles. The zero-order valence-corrected chi connectivity index (χ0v) is 22.2. The van der Waals surface area contributed by atoms with Crippen molar-refractivity contribution in [3.63, 3.8) is 0 Å². The third-order valence-corrected chi connectivity index (χ3v) is 7.46. The Balaban J connectivity index is 1.82. The standard InChI is InChI=1S/C21H25Cl2FN3O9P/c1-11(2)34-18(30)12(3)26-37(32,36-13-7-5-4-6-8-13)33-10-15-16(28)21(22,23)19(35-15)27-9-14(24)17(29)25-20(27)31/h4-9,11-12,15-16,19,28H,10H2,1-3H3,(H,26,32)(H,25,29,31). The van der Waals surface area contributed by atoms with E-state index in [0.29, 0.717) is 10.8 Å². The van der Waals surface area contributed by atoms with Crippen LogP contribution in [0.1, 0.15) is 27.0 Å². The second kappa shape index (κ2) is 11.6. The molecule has 2 heterocycles. The second-order valence-corrected chi connectivity index (χ2v) is 11.5. The van der Waals surface area contributed by atoms with Gasteiger partial charge in [-0.2, -0.15) is 9.48 Å². The minimum atomic E-state index is -4.34. The number of para-hydroxylation sites is 1. The van der Waals surface area contributed by atoms with Crippen molar-refractivity contribution >= 4 is 36.9 Å². The first-order chi connectivity index (χ1) is 17.2. The summed E-state index contributed by atoms with van der Waals surface area (Å²) in [5, 5.41) is 13.1. The third kappa shape index (κ3) is 6.99. The van der Waals surface area contributed by atoms with Crippen molar-refractivity contribution in [1.29, 1.82) is 0 Å². The van der Waals surface area contributed by atoms with Gasteiger partial charge in [0.1, 0.15) is 24.0 Å². The highest BCUT2D eigenvalue weighted by molar-refractivity contribution is 7.52. The molecule has 0 saturated carbocycles. The number of nitrogens with zero attached hydrogens (tertiary/aromatic N) is 1. The molecule has 1 aromatic heterocycles. The first-order valence-electron chi connectivity index (χ1n) is 10.9. The first-order valence-corrected chi connectivity index (χ1v) is 13.2. The smallest absolute Gasteiger partial charge is 0.459 e. The van der Waals surface area contributed by atoms with Crippen LogP contribution in [0.25, 0.3) is 0 Å². The molecule has 3 N–H and O–H groups in total. The Bertz CT molecular complexity index is 1270. The Morgan fingerprint density at radius 2 is 1.95 bits per heavy atom. The number of carbonyl (C=O) groups excluding carboxylic acids is 1. The van der Waals surface area contributed by atoms with E-state index in [9.17, 15) is 28.4 Å². The van der Waals surface area contributed by atoms with E-state index < -0.39 is 72.3 Å². The van der Waals surface area contributed by atoms with Crippen molar-refractivity contribution < 1.29 is 37.4 Å². The van der Waals surface area contributed by atoms with Crippen LogP contribution in [0, 0.1) is 5.82 Å². The molecule has 0 radical (unpaired) electrons. The van der Waals surface area contributed by atoms with Gasteiger partial charge in [0, 0.05) is 0 Å². The van der Waals surface area contributed by atoms with E-state index in [-0.39, 0.29) is 5.75 Å². The van der Waals surface area contributed by atoms with Gasteiger partial charge in [-0.1, -0.05) is 41.4 Å². The van der Waals surface area contributed by atoms with Crippen LogP contribution in [-0.4, -0.2) is 55.9 Å². The number of ether oxygens (including phenoxy) is 2. The maximum absolute atomic E-state index is 13.8. The highest BCUT2D eigenvalue weighted by atomic mass is 35.5. The van der Waals surface area contributed by atoms with Crippen LogP contribution in [0.4, 0.5) is 4.39 Å². The van der Waals surface area contributed by atoms with Crippen LogP contribution in [0.15, 0.2) is 46.1 Å². The van der Waals surface area contributed by atoms with Crippen molar-refractivity contribution in [1.82, 2.24) is 14.6 Å². The van der Waals surface area contributed by atoms with Gasteiger partial charge < -0.3 is 19.1 Å². The minimum Gasteiger partial charge on any atom is -0.462 e. The molecule has 3 rings (SSSR count). The Morgan fingerprint density at radius 3 is 2.57 bits per heavy atom. The fourth-order valence-corrected chi connectivity index (χ4v) is 5.34. The average Bonchev–Trinajstić information content (AvgIpc) is 3.03. The number of hydrogen-bond acceptors (Lipinski definition) is 9. The van der Waals surface area contributed by atoms with Crippen LogP contribution in [0.2, 0.25) is 0 Å². The lowest BCUT2D eigenvalue weighted by molar-refractivity contribution is -0.149. The maximum Gasteiger partial charge on any atom is 0.459 e. The van der Waals surface area contributed by atoms with E-state index in [1.807, 2.05) is 0 Å². The van der Waals surface area contributed by atoms with Crippen LogP contribution in [-0.2, 0) is 23.4 Å². The largest absolute Gasteiger partial charge is 0.462 e. The molecule has 0 aliphatic carbocycles. The summed E-state index contributed by atoms with van der Waals surface area (Å²) in [7, 11) is -4.34. The van der Waals surface area contributed by atoms with Gasteiger partial charge in [-0.25, -0.2) is 9.36 Å². The molecule has 0 spiro atoms. The molecule has 1 aliphatic heterocycles. The lowest BCUT2D eigenvalue weighted by atomic mass is 10.2. The zero-order chi connectivity index (χ0) is 27.5. The second-order valence-electron chi connectivity index (χ2n) is 8.32. The molecule has 37 heavy (non-hydrogen) atoms. The zero-order valence-electron chi connectivity index (χ0n) is 19.8. The number of alkyl halides is 2. The summed E-state index contributed by atoms with van der Waals surface area (Å²) < 4.78 is 47.3. The number of benzene rings is 1. The number of H-pyrrole nitrogens is 1. The van der Waals surface area contributed by atoms with E-state index >= 15 is 0 Å². The van der Waals surface area contributed by atoms with E-state index in [1.165, 1.54) is 19.1 Å². The van der Waals surface area contributed by atoms with Crippen molar-refractivity contribution in [3.05, 3.63) is 63.2 Å². The predicted octanol–water partition coefficient (Wildman–Crippen LogP) is 2.24. The molecule has 12 nitrogen and oxygen atoms in total. The number of aliphatic hydroxyl groups is 1. The number of aliphatic hydroxyl groups excluding tert-OH is 1. The van der Waals surface area contributed by atoms with Gasteiger partial charge in [-0.05, 0) is 32.9 Å². The number of aromatic amines is 1. The van der Waals surface area contributed by atoms with Crippen LogP contribution in [0.3, 0.4) is 0 Å². The Morgan fingerprint density at radius 1 is 1.30 bits per heavy atom. The SMILES string of the molecule is CC(C)OC(=O)C(C)NP(=O)(OCC1OC(n2cc(F)c(=O)[nH]c2=O)C(Cl)(Cl)C1O)Oc1ccccc1. The molecule has 0 amide bonds. The van der Waals surface area contributed by atoms with Crippen LogP contribution < -0.4 is 20.9 Å². The van der Waals surface area contributed by atoms with Gasteiger partial charge in [0.15, 0.2) is 10.6 Å². The number of aromatic nitrogens is 2. The summed E-state index contributed by atoms with van der Waals surface area (Å²) in [6, 6.07) is 6.76. The number of rotatable bonds is 10. The lowest BCUT2D eigenvalue weighted by Crippen LogP contribution is -2.42. The van der Waals surface area contributed by atoms with Crippen LogP contribution in [0.5, 0.6) is 5.75 Å². The summed E-state index contributed by atoms with van der Waals surface area (Å²) >= 11 is 12.4. The minimum absolute atomic E-state index is 0.132. The van der Waals surface area contributed by atoms with Gasteiger partial charge >= 0.3 is 19.4 Å². The predicted molar refractivity (Wildman–Crippen MR) is 130 cm³/mol. The van der Waals surface area contributed by atoms with Gasteiger partial charge in [0.2, 0.25) is 5.82 Å². The van der Waals surface area contributed by atoms with Crippen molar-refractivity contribution in [3.8, 4) is 5.75 Å². The molecular formula is C21H25Cl2FN3O9P. The van der Waals surface area contributed by atoms with Gasteiger partial charge in [-0.15, -0.1) is 0 Å². The highest BCUT2D eigenvalue weighted by Crippen LogP contribution is 2.49. The van der Waals surface area contributed by atoms with E-state index in [1.54, 1.807) is 37.0 Å². The van der Waals surface area contributed by atoms with Crippen LogP contribution >= 0.6 is 30.9 Å². The fourth-order valence-electron chi connectivity index (χ4n) is 3.25. The summed E-state index contributed by atoms with van der Waals surface area (Å²) in [5.74, 6) is -1.92. The number of hydrogen-bond donors (Lipinski definition) is 3. The Labute approximate surface area is 220 Å². The monoisotopic (exact) mass is 583 g/mol. The average molecular weight is 584 g/mol. The van der Waals surface area contributed by atoms with Gasteiger partial charge in [-0.3, -0.25) is 23.7 Å². The van der Waals surface area contributed by atoms with Gasteiger partial charge in [0.25, 0.3) is 5.56 Å². The lowest BCUT2D eigenvalue weighted by Gasteiger charge is -2.25. The summed E-state index contributed by atoms with van der Waals surface area (Å²) in [6.45, 7) is 4.00. The maximum atomic E-state index is 13.8. The van der Waals surface area contributed by atoms with Gasteiger partial charge in [0.05, 0.1) is 18.9 Å². The van der Waals surface area contributed by atoms with E-state index in [2.05, 4.69) is 5.09 Å². The van der Waals surface area contributed by atoms with E-state index in [0.717, 1.165) is 0 Å². The van der Waals surface area contributed by atoms with Crippen molar-refractivity contribution in [2.75, 3.05) is 6.61 Å². The fraction of sp³-hybridized carbons (Fsp3) is 0.476. The normalized spacial score (nSPS) is 23.4. The molecule has 5 atom stereocenters. The number of halogens is 3. The highest BCUT2D eigenvalue weighted by Gasteiger charge is 2.56. The molecular weight excluding hydrogens is 559 g/mol. The molecule has 1 aromatic carbocycles. The van der Waals surface area contributed by atoms with Crippen molar-refractivity contribution in [2.24, 2.45) is 0 Å². The molecule has 1 fully saturated rings. The Hall–Kier alpha value is -2.25. The topological polar surface area (TPSA) is 158 Å². The Kier molecular flexibility index (Phi) is 9.23. The molecule has 2 aromatic rings. The van der Waals surface area contributed by atoms with Crippen molar-refractivity contribution in [2.45, 2.75) is 55.7 Å². The first kappa shape index (κ1) is 29.3. The summed E-state index contributed by atoms with van der Waals surface area (Å²) in [6.07, 6.45) is -4.73. The third-order valence-electron chi connectivity index (χ3n) is 4.99. The number of nitrogens with one attached hydrogen (secondary N) is 2. The number of carbonyl (C=O) groups is 1. The molecule has 1 aliphatic rings. The molecule has 5 unspecified atom stereocenters. The quantitative estimate of drug-likeness (QED) is 0.215. The number of esters is 1.